The molecule has 3 aromatic rings. The highest BCUT2D eigenvalue weighted by atomic mass is 32.2. The number of likely N-dealkylation sites (N-methyl/N-ethyl adjacent to an activating group) is 1. The Morgan fingerprint density at radius 2 is 1.26 bits per heavy atom. The third-order valence-electron chi connectivity index (χ3n) is 3.96. The topological polar surface area (TPSA) is 29.5 Å². The van der Waals surface area contributed by atoms with Crippen LogP contribution in [0.25, 0.3) is 0 Å². The summed E-state index contributed by atoms with van der Waals surface area (Å²) >= 11 is 0. The lowest BCUT2D eigenvalue weighted by atomic mass is 10.2. The molecule has 0 amide bonds. The Hall–Kier alpha value is -2.56. The highest BCUT2D eigenvalue weighted by Crippen LogP contribution is 2.31. The number of rotatable bonds is 7. The first-order valence-corrected chi connectivity index (χ1v) is 10.1. The van der Waals surface area contributed by atoms with Gasteiger partial charge < -0.3 is 4.74 Å². The number of esters is 1. The highest BCUT2D eigenvalue weighted by molar-refractivity contribution is 7.97. The maximum absolute atomic E-state index is 11.7. The van der Waals surface area contributed by atoms with Crippen LogP contribution >= 0.6 is 0 Å². The predicted molar refractivity (Wildman–Crippen MR) is 110 cm³/mol. The molecule has 138 valence electrons. The maximum Gasteiger partial charge on any atom is 0.320 e. The van der Waals surface area contributed by atoms with Gasteiger partial charge in [-0.2, -0.15) is 0 Å². The van der Waals surface area contributed by atoms with Crippen LogP contribution in [0.1, 0.15) is 5.56 Å². The fourth-order valence-corrected chi connectivity index (χ4v) is 4.79. The van der Waals surface area contributed by atoms with Crippen LogP contribution in [0.3, 0.4) is 0 Å². The molecule has 0 aliphatic heterocycles. The van der Waals surface area contributed by atoms with Gasteiger partial charge in [-0.15, -0.1) is 0 Å². The Labute approximate surface area is 163 Å². The molecule has 3 rings (SSSR count). The first-order chi connectivity index (χ1) is 13.1. The van der Waals surface area contributed by atoms with Crippen LogP contribution in [-0.2, 0) is 27.0 Å². The van der Waals surface area contributed by atoms with Crippen molar-refractivity contribution in [2.75, 3.05) is 20.6 Å². The number of carbonyl (C=O) groups is 1. The van der Waals surface area contributed by atoms with Crippen LogP contribution in [0.5, 0.6) is 0 Å². The molecular formula is C23H24NO2S+. The Morgan fingerprint density at radius 3 is 1.74 bits per heavy atom. The van der Waals surface area contributed by atoms with Gasteiger partial charge in [0, 0.05) is 0 Å². The smallest absolute Gasteiger partial charge is 0.320 e. The molecule has 0 spiro atoms. The van der Waals surface area contributed by atoms with E-state index < -0.39 is 0 Å². The van der Waals surface area contributed by atoms with Crippen LogP contribution in [0.15, 0.2) is 99.6 Å². The van der Waals surface area contributed by atoms with Crippen molar-refractivity contribution >= 4 is 16.9 Å². The summed E-state index contributed by atoms with van der Waals surface area (Å²) in [6.45, 7) is 0.598. The molecule has 3 aromatic carbocycles. The SMILES string of the molecule is CN(C)CC(=O)OCc1ccc([S+](c2ccccc2)c2ccccc2)cc1. The molecular weight excluding hydrogens is 354 g/mol. The molecule has 0 aromatic heterocycles. The quantitative estimate of drug-likeness (QED) is 0.451. The number of hydrogen-bond acceptors (Lipinski definition) is 3. The molecule has 0 saturated heterocycles. The summed E-state index contributed by atoms with van der Waals surface area (Å²) in [4.78, 5) is 17.3. The minimum absolute atomic E-state index is 0.158. The third-order valence-corrected chi connectivity index (χ3v) is 6.19. The van der Waals surface area contributed by atoms with E-state index >= 15 is 0 Å². The Bertz CT molecular complexity index is 809. The van der Waals surface area contributed by atoms with Gasteiger partial charge in [0.1, 0.15) is 6.61 Å². The third kappa shape index (κ3) is 5.46. The minimum atomic E-state index is -0.211. The molecule has 0 unspecified atom stereocenters. The second kappa shape index (κ2) is 9.40. The predicted octanol–water partition coefficient (Wildman–Crippen LogP) is 4.39. The molecule has 0 saturated carbocycles. The van der Waals surface area contributed by atoms with Crippen molar-refractivity contribution in [2.24, 2.45) is 0 Å². The van der Waals surface area contributed by atoms with Crippen LogP contribution in [0, 0.1) is 0 Å². The normalized spacial score (nSPS) is 11.0. The van der Waals surface area contributed by atoms with E-state index in [0.29, 0.717) is 13.2 Å². The summed E-state index contributed by atoms with van der Waals surface area (Å²) in [6.07, 6.45) is 0. The standard InChI is InChI=1S/C23H24NO2S/c1-24(2)17-23(25)26-18-19-13-15-22(16-14-19)27(20-9-5-3-6-10-20)21-11-7-4-8-12-21/h3-16H,17-18H2,1-2H3/q+1. The molecule has 27 heavy (non-hydrogen) atoms. The van der Waals surface area contributed by atoms with Gasteiger partial charge >= 0.3 is 5.97 Å². The Morgan fingerprint density at radius 1 is 0.778 bits per heavy atom. The molecule has 3 nitrogen and oxygen atoms in total. The molecule has 0 radical (unpaired) electrons. The Kier molecular flexibility index (Phi) is 6.69. The van der Waals surface area contributed by atoms with Crippen molar-refractivity contribution in [3.05, 3.63) is 90.5 Å². The monoisotopic (exact) mass is 378 g/mol. The first kappa shape index (κ1) is 19.2. The summed E-state index contributed by atoms with van der Waals surface area (Å²) in [6, 6.07) is 29.5. The van der Waals surface area contributed by atoms with Crippen molar-refractivity contribution in [1.82, 2.24) is 4.90 Å². The number of carbonyl (C=O) groups excluding carboxylic acids is 1. The van der Waals surface area contributed by atoms with Gasteiger partial charge in [-0.1, -0.05) is 48.5 Å². The summed E-state index contributed by atoms with van der Waals surface area (Å²) in [5.74, 6) is -0.211. The summed E-state index contributed by atoms with van der Waals surface area (Å²) in [5, 5.41) is 0. The van der Waals surface area contributed by atoms with Gasteiger partial charge in [-0.05, 0) is 56.1 Å². The summed E-state index contributed by atoms with van der Waals surface area (Å²) < 4.78 is 5.33. The largest absolute Gasteiger partial charge is 0.460 e. The lowest BCUT2D eigenvalue weighted by Crippen LogP contribution is -2.23. The summed E-state index contributed by atoms with van der Waals surface area (Å²) in [5.41, 5.74) is 0.996. The van der Waals surface area contributed by atoms with Gasteiger partial charge in [-0.3, -0.25) is 9.69 Å². The highest BCUT2D eigenvalue weighted by Gasteiger charge is 2.28. The van der Waals surface area contributed by atoms with Gasteiger partial charge in [0.15, 0.2) is 14.7 Å². The van der Waals surface area contributed by atoms with Crippen molar-refractivity contribution in [3.8, 4) is 0 Å². The average molecular weight is 379 g/mol. The van der Waals surface area contributed by atoms with Gasteiger partial charge in [-0.25, -0.2) is 0 Å². The number of benzene rings is 3. The van der Waals surface area contributed by atoms with Gasteiger partial charge in [0.25, 0.3) is 0 Å². The van der Waals surface area contributed by atoms with E-state index in [9.17, 15) is 4.79 Å². The van der Waals surface area contributed by atoms with Crippen molar-refractivity contribution in [2.45, 2.75) is 21.3 Å². The fraction of sp³-hybridized carbons (Fsp3) is 0.174. The molecule has 0 atom stereocenters. The minimum Gasteiger partial charge on any atom is -0.460 e. The van der Waals surface area contributed by atoms with Crippen LogP contribution in [-0.4, -0.2) is 31.5 Å². The van der Waals surface area contributed by atoms with E-state index in [2.05, 4.69) is 60.7 Å². The number of hydrogen-bond donors (Lipinski definition) is 0. The molecule has 0 bridgehead atoms. The molecule has 0 aliphatic carbocycles. The zero-order valence-corrected chi connectivity index (χ0v) is 16.5. The van der Waals surface area contributed by atoms with E-state index in [1.165, 1.54) is 14.7 Å². The van der Waals surface area contributed by atoms with Gasteiger partial charge in [0.2, 0.25) is 0 Å². The molecule has 0 N–H and O–H groups in total. The van der Waals surface area contributed by atoms with E-state index in [1.54, 1.807) is 4.90 Å². The Balaban J connectivity index is 1.79. The van der Waals surface area contributed by atoms with Crippen molar-refractivity contribution in [1.29, 1.82) is 0 Å². The zero-order chi connectivity index (χ0) is 19.1. The zero-order valence-electron chi connectivity index (χ0n) is 15.7. The molecule has 0 fully saturated rings. The first-order valence-electron chi connectivity index (χ1n) is 8.87. The fourth-order valence-electron chi connectivity index (χ4n) is 2.71. The lowest BCUT2D eigenvalue weighted by Gasteiger charge is -2.10. The van der Waals surface area contributed by atoms with Crippen molar-refractivity contribution < 1.29 is 9.53 Å². The maximum atomic E-state index is 11.7. The molecule has 0 heterocycles. The van der Waals surface area contributed by atoms with Crippen LogP contribution < -0.4 is 0 Å². The second-order valence-electron chi connectivity index (χ2n) is 6.47. The van der Waals surface area contributed by atoms with E-state index in [1.807, 2.05) is 38.4 Å². The van der Waals surface area contributed by atoms with Crippen LogP contribution in [0.2, 0.25) is 0 Å². The number of ether oxygens (including phenoxy) is 1. The molecule has 0 aliphatic rings. The number of nitrogens with zero attached hydrogens (tertiary/aromatic N) is 1. The summed E-state index contributed by atoms with van der Waals surface area (Å²) in [7, 11) is 3.55. The van der Waals surface area contributed by atoms with E-state index in [-0.39, 0.29) is 16.9 Å². The van der Waals surface area contributed by atoms with E-state index in [0.717, 1.165) is 5.56 Å². The average Bonchev–Trinajstić information content (AvgIpc) is 2.69. The lowest BCUT2D eigenvalue weighted by molar-refractivity contribution is -0.145. The molecule has 4 heteroatoms. The van der Waals surface area contributed by atoms with E-state index in [4.69, 9.17) is 4.74 Å². The van der Waals surface area contributed by atoms with Crippen molar-refractivity contribution in [3.63, 3.8) is 0 Å². The second-order valence-corrected chi connectivity index (χ2v) is 8.50. The van der Waals surface area contributed by atoms with Crippen LogP contribution in [0.4, 0.5) is 0 Å². The van der Waals surface area contributed by atoms with Gasteiger partial charge in [0.05, 0.1) is 17.4 Å².